The van der Waals surface area contributed by atoms with Crippen molar-refractivity contribution in [2.75, 3.05) is 6.54 Å². The van der Waals surface area contributed by atoms with Gasteiger partial charge in [-0.15, -0.1) is 0 Å². The second-order valence-corrected chi connectivity index (χ2v) is 6.87. The SMILES string of the molecule is CC(C)(C)c1ccc(CNCCc2ccccc2Cl)cc1. The van der Waals surface area contributed by atoms with Crippen LogP contribution in [0.3, 0.4) is 0 Å². The lowest BCUT2D eigenvalue weighted by Gasteiger charge is -2.19. The van der Waals surface area contributed by atoms with E-state index in [4.69, 9.17) is 11.6 Å². The fraction of sp³-hybridized carbons (Fsp3) is 0.368. The third-order valence-corrected chi connectivity index (χ3v) is 4.05. The molecular formula is C19H24ClN. The number of nitrogens with one attached hydrogen (secondary N) is 1. The van der Waals surface area contributed by atoms with E-state index in [0.29, 0.717) is 0 Å². The van der Waals surface area contributed by atoms with Crippen molar-refractivity contribution in [2.45, 2.75) is 39.2 Å². The molecule has 0 radical (unpaired) electrons. The van der Waals surface area contributed by atoms with E-state index >= 15 is 0 Å². The van der Waals surface area contributed by atoms with Crippen LogP contribution in [0, 0.1) is 0 Å². The molecule has 2 aromatic carbocycles. The molecule has 0 aliphatic carbocycles. The highest BCUT2D eigenvalue weighted by Crippen LogP contribution is 2.22. The van der Waals surface area contributed by atoms with E-state index in [9.17, 15) is 0 Å². The van der Waals surface area contributed by atoms with Gasteiger partial charge in [-0.1, -0.05) is 74.8 Å². The third-order valence-electron chi connectivity index (χ3n) is 3.68. The van der Waals surface area contributed by atoms with Gasteiger partial charge in [0.2, 0.25) is 0 Å². The molecule has 0 saturated carbocycles. The van der Waals surface area contributed by atoms with Crippen molar-refractivity contribution in [1.29, 1.82) is 0 Å². The molecule has 21 heavy (non-hydrogen) atoms. The predicted molar refractivity (Wildman–Crippen MR) is 92.0 cm³/mol. The number of hydrogen-bond acceptors (Lipinski definition) is 1. The van der Waals surface area contributed by atoms with E-state index < -0.39 is 0 Å². The Morgan fingerprint density at radius 1 is 0.952 bits per heavy atom. The van der Waals surface area contributed by atoms with Crippen LogP contribution in [0.25, 0.3) is 0 Å². The predicted octanol–water partition coefficient (Wildman–Crippen LogP) is 4.97. The highest BCUT2D eigenvalue weighted by atomic mass is 35.5. The van der Waals surface area contributed by atoms with E-state index in [1.165, 1.54) is 16.7 Å². The Bertz CT molecular complexity index is 567. The summed E-state index contributed by atoms with van der Waals surface area (Å²) in [5, 5.41) is 4.33. The van der Waals surface area contributed by atoms with Crippen LogP contribution in [0.1, 0.15) is 37.5 Å². The number of benzene rings is 2. The van der Waals surface area contributed by atoms with Crippen LogP contribution >= 0.6 is 11.6 Å². The minimum Gasteiger partial charge on any atom is -0.312 e. The van der Waals surface area contributed by atoms with Crippen LogP contribution in [0.15, 0.2) is 48.5 Å². The van der Waals surface area contributed by atoms with E-state index in [1.54, 1.807) is 0 Å². The second kappa shape index (κ2) is 7.11. The minimum absolute atomic E-state index is 0.218. The Morgan fingerprint density at radius 3 is 2.24 bits per heavy atom. The largest absolute Gasteiger partial charge is 0.312 e. The van der Waals surface area contributed by atoms with Crippen molar-refractivity contribution in [3.63, 3.8) is 0 Å². The van der Waals surface area contributed by atoms with Gasteiger partial charge in [-0.3, -0.25) is 0 Å². The van der Waals surface area contributed by atoms with Crippen molar-refractivity contribution in [3.8, 4) is 0 Å². The van der Waals surface area contributed by atoms with Gasteiger partial charge in [0.15, 0.2) is 0 Å². The fourth-order valence-electron chi connectivity index (χ4n) is 2.28. The van der Waals surface area contributed by atoms with E-state index in [1.807, 2.05) is 18.2 Å². The zero-order valence-corrected chi connectivity index (χ0v) is 13.9. The Balaban J connectivity index is 1.80. The van der Waals surface area contributed by atoms with Crippen LogP contribution in [0.5, 0.6) is 0 Å². The van der Waals surface area contributed by atoms with Gasteiger partial charge in [0.05, 0.1) is 0 Å². The molecule has 0 fully saturated rings. The maximum atomic E-state index is 6.15. The summed E-state index contributed by atoms with van der Waals surface area (Å²) in [6.45, 7) is 8.55. The number of halogens is 1. The van der Waals surface area contributed by atoms with Crippen LogP contribution in [-0.4, -0.2) is 6.54 Å². The van der Waals surface area contributed by atoms with Gasteiger partial charge in [0.25, 0.3) is 0 Å². The molecule has 0 aromatic heterocycles. The summed E-state index contributed by atoms with van der Waals surface area (Å²) in [4.78, 5) is 0. The molecule has 112 valence electrons. The first kappa shape index (κ1) is 16.1. The van der Waals surface area contributed by atoms with Gasteiger partial charge < -0.3 is 5.32 Å². The van der Waals surface area contributed by atoms with Crippen molar-refractivity contribution in [2.24, 2.45) is 0 Å². The molecule has 0 amide bonds. The van der Waals surface area contributed by atoms with Crippen molar-refractivity contribution < 1.29 is 0 Å². The van der Waals surface area contributed by atoms with E-state index in [-0.39, 0.29) is 5.41 Å². The van der Waals surface area contributed by atoms with Crippen molar-refractivity contribution in [1.82, 2.24) is 5.32 Å². The lowest BCUT2D eigenvalue weighted by Crippen LogP contribution is -2.17. The Labute approximate surface area is 133 Å². The summed E-state index contributed by atoms with van der Waals surface area (Å²) in [7, 11) is 0. The van der Waals surface area contributed by atoms with Crippen LogP contribution in [0.4, 0.5) is 0 Å². The monoisotopic (exact) mass is 301 g/mol. The van der Waals surface area contributed by atoms with Crippen molar-refractivity contribution in [3.05, 3.63) is 70.2 Å². The van der Waals surface area contributed by atoms with Gasteiger partial charge in [-0.25, -0.2) is 0 Å². The van der Waals surface area contributed by atoms with Gasteiger partial charge >= 0.3 is 0 Å². The Morgan fingerprint density at radius 2 is 1.62 bits per heavy atom. The quantitative estimate of drug-likeness (QED) is 0.769. The lowest BCUT2D eigenvalue weighted by atomic mass is 9.87. The average Bonchev–Trinajstić information content (AvgIpc) is 2.45. The Kier molecular flexibility index (Phi) is 5.44. The summed E-state index contributed by atoms with van der Waals surface area (Å²) < 4.78 is 0. The normalized spacial score (nSPS) is 11.6. The summed E-state index contributed by atoms with van der Waals surface area (Å²) in [6.07, 6.45) is 0.958. The zero-order chi connectivity index (χ0) is 15.3. The molecule has 2 heteroatoms. The first-order valence-electron chi connectivity index (χ1n) is 7.50. The molecule has 0 saturated heterocycles. The highest BCUT2D eigenvalue weighted by molar-refractivity contribution is 6.31. The summed E-state index contributed by atoms with van der Waals surface area (Å²) in [6, 6.07) is 16.9. The summed E-state index contributed by atoms with van der Waals surface area (Å²) in [5.74, 6) is 0. The van der Waals surface area contributed by atoms with Gasteiger partial charge in [-0.2, -0.15) is 0 Å². The number of rotatable bonds is 5. The topological polar surface area (TPSA) is 12.0 Å². The lowest BCUT2D eigenvalue weighted by molar-refractivity contribution is 0.589. The fourth-order valence-corrected chi connectivity index (χ4v) is 2.51. The third kappa shape index (κ3) is 4.87. The maximum Gasteiger partial charge on any atom is 0.0438 e. The van der Waals surface area contributed by atoms with Gasteiger partial charge in [0, 0.05) is 11.6 Å². The zero-order valence-electron chi connectivity index (χ0n) is 13.1. The van der Waals surface area contributed by atoms with Crippen LogP contribution in [0.2, 0.25) is 5.02 Å². The van der Waals surface area contributed by atoms with Gasteiger partial charge in [0.1, 0.15) is 0 Å². The molecule has 0 heterocycles. The summed E-state index contributed by atoms with van der Waals surface area (Å²) >= 11 is 6.15. The van der Waals surface area contributed by atoms with Gasteiger partial charge in [-0.05, 0) is 41.1 Å². The maximum absolute atomic E-state index is 6.15. The molecule has 2 rings (SSSR count). The first-order valence-corrected chi connectivity index (χ1v) is 7.88. The Hall–Kier alpha value is -1.31. The summed E-state index contributed by atoms with van der Waals surface area (Å²) in [5.41, 5.74) is 4.12. The molecule has 2 aromatic rings. The number of hydrogen-bond donors (Lipinski definition) is 1. The van der Waals surface area contributed by atoms with E-state index in [0.717, 1.165) is 24.5 Å². The molecular weight excluding hydrogens is 278 g/mol. The molecule has 0 bridgehead atoms. The highest BCUT2D eigenvalue weighted by Gasteiger charge is 2.12. The molecule has 0 aliphatic heterocycles. The molecule has 0 aliphatic rings. The van der Waals surface area contributed by atoms with Crippen LogP contribution in [-0.2, 0) is 18.4 Å². The second-order valence-electron chi connectivity index (χ2n) is 6.47. The average molecular weight is 302 g/mol. The standard InChI is InChI=1S/C19H24ClN/c1-19(2,3)17-10-8-15(9-11-17)14-21-13-12-16-6-4-5-7-18(16)20/h4-11,21H,12-14H2,1-3H3. The minimum atomic E-state index is 0.218. The smallest absolute Gasteiger partial charge is 0.0438 e. The molecule has 0 unspecified atom stereocenters. The first-order chi connectivity index (χ1) is 9.97. The molecule has 1 N–H and O–H groups in total. The van der Waals surface area contributed by atoms with Crippen molar-refractivity contribution >= 4 is 11.6 Å². The molecule has 0 atom stereocenters. The molecule has 0 spiro atoms. The molecule has 1 nitrogen and oxygen atoms in total. The van der Waals surface area contributed by atoms with Crippen LogP contribution < -0.4 is 5.32 Å². The van der Waals surface area contributed by atoms with E-state index in [2.05, 4.69) is 56.4 Å².